The minimum atomic E-state index is 0.125. The second-order valence-electron chi connectivity index (χ2n) is 6.66. The van der Waals surface area contributed by atoms with Crippen LogP contribution in [0.15, 0.2) is 24.5 Å². The number of fused-ring (bicyclic) bond motifs is 5. The van der Waals surface area contributed by atoms with Gasteiger partial charge in [-0.25, -0.2) is 4.98 Å². The number of aryl methyl sites for hydroxylation is 1. The fraction of sp³-hybridized carbons (Fsp3) is 0.278. The molecule has 3 heterocycles. The lowest BCUT2D eigenvalue weighted by atomic mass is 9.89. The van der Waals surface area contributed by atoms with E-state index in [1.807, 2.05) is 4.40 Å². The second-order valence-corrected chi connectivity index (χ2v) is 8.18. The number of nitrogens with zero attached hydrogens (tertiary/aromatic N) is 4. The van der Waals surface area contributed by atoms with Crippen molar-refractivity contribution in [1.29, 1.82) is 0 Å². The Morgan fingerprint density at radius 3 is 3.08 bits per heavy atom. The Hall–Kier alpha value is -2.18. The van der Waals surface area contributed by atoms with Crippen molar-refractivity contribution in [2.75, 3.05) is 0 Å². The average Bonchev–Trinajstić information content (AvgIpc) is 3.17. The smallest absolute Gasteiger partial charge is 0.173 e. The third kappa shape index (κ3) is 2.24. The zero-order valence-electron chi connectivity index (χ0n) is 13.5. The molecular formula is C18H15ClN4OS. The van der Waals surface area contributed by atoms with Crippen LogP contribution in [-0.2, 0) is 12.8 Å². The summed E-state index contributed by atoms with van der Waals surface area (Å²) >= 11 is 7.86. The van der Waals surface area contributed by atoms with Gasteiger partial charge in [0, 0.05) is 9.90 Å². The van der Waals surface area contributed by atoms with Crippen molar-refractivity contribution in [3.05, 3.63) is 40.0 Å². The molecule has 5 nitrogen and oxygen atoms in total. The summed E-state index contributed by atoms with van der Waals surface area (Å²) < 4.78 is 1.85. The first-order valence-electron chi connectivity index (χ1n) is 8.24. The summed E-state index contributed by atoms with van der Waals surface area (Å²) in [5.41, 5.74) is 2.72. The zero-order chi connectivity index (χ0) is 17.1. The molecule has 3 aromatic heterocycles. The summed E-state index contributed by atoms with van der Waals surface area (Å²) in [5, 5.41) is 20.6. The van der Waals surface area contributed by atoms with Crippen molar-refractivity contribution in [3.8, 4) is 17.1 Å². The largest absolute Gasteiger partial charge is 0.507 e. The molecule has 0 bridgehead atoms. The van der Waals surface area contributed by atoms with E-state index in [0.29, 0.717) is 22.3 Å². The average molecular weight is 371 g/mol. The van der Waals surface area contributed by atoms with E-state index >= 15 is 0 Å². The maximum absolute atomic E-state index is 10.2. The maximum Gasteiger partial charge on any atom is 0.173 e. The molecule has 1 aliphatic rings. The van der Waals surface area contributed by atoms with Crippen molar-refractivity contribution >= 4 is 38.8 Å². The van der Waals surface area contributed by atoms with E-state index in [0.717, 1.165) is 28.7 Å². The van der Waals surface area contributed by atoms with Crippen molar-refractivity contribution in [3.63, 3.8) is 0 Å². The van der Waals surface area contributed by atoms with Gasteiger partial charge in [-0.05, 0) is 48.9 Å². The highest BCUT2D eigenvalue weighted by Gasteiger charge is 2.24. The predicted molar refractivity (Wildman–Crippen MR) is 99.5 cm³/mol. The molecule has 126 valence electrons. The van der Waals surface area contributed by atoms with Crippen molar-refractivity contribution in [2.24, 2.45) is 5.92 Å². The van der Waals surface area contributed by atoms with E-state index < -0.39 is 0 Å². The summed E-state index contributed by atoms with van der Waals surface area (Å²) in [6.45, 7) is 2.29. The van der Waals surface area contributed by atoms with Gasteiger partial charge in [-0.2, -0.15) is 0 Å². The molecule has 5 rings (SSSR count). The Morgan fingerprint density at radius 2 is 2.20 bits per heavy atom. The Labute approximate surface area is 152 Å². The van der Waals surface area contributed by atoms with Gasteiger partial charge in [-0.15, -0.1) is 21.5 Å². The fourth-order valence-corrected chi connectivity index (χ4v) is 4.97. The topological polar surface area (TPSA) is 63.3 Å². The van der Waals surface area contributed by atoms with Gasteiger partial charge in [0.1, 0.15) is 16.9 Å². The highest BCUT2D eigenvalue weighted by atomic mass is 35.5. The van der Waals surface area contributed by atoms with E-state index in [1.165, 1.54) is 16.9 Å². The fourth-order valence-electron chi connectivity index (χ4n) is 3.62. The van der Waals surface area contributed by atoms with Gasteiger partial charge in [0.2, 0.25) is 0 Å². The molecule has 1 atom stereocenters. The van der Waals surface area contributed by atoms with Crippen LogP contribution in [0.5, 0.6) is 5.75 Å². The minimum absolute atomic E-state index is 0.125. The molecular weight excluding hydrogens is 356 g/mol. The second kappa shape index (κ2) is 5.41. The lowest BCUT2D eigenvalue weighted by Crippen LogP contribution is -2.09. The molecule has 1 unspecified atom stereocenters. The van der Waals surface area contributed by atoms with Crippen LogP contribution in [-0.4, -0.2) is 24.7 Å². The molecule has 1 aromatic carbocycles. The van der Waals surface area contributed by atoms with E-state index in [-0.39, 0.29) is 5.75 Å². The van der Waals surface area contributed by atoms with Crippen LogP contribution in [0.1, 0.15) is 23.8 Å². The number of benzene rings is 1. The number of hydrogen-bond donors (Lipinski definition) is 1. The van der Waals surface area contributed by atoms with E-state index in [4.69, 9.17) is 11.6 Å². The van der Waals surface area contributed by atoms with Gasteiger partial charge in [0.25, 0.3) is 0 Å². The number of phenols is 1. The number of thiophene rings is 1. The molecule has 25 heavy (non-hydrogen) atoms. The monoisotopic (exact) mass is 370 g/mol. The quantitative estimate of drug-likeness (QED) is 0.536. The molecule has 4 aromatic rings. The SMILES string of the molecule is CC1CCc2sc3ncn4c(-c5cc(Cl)ccc5O)nnc4c3c2C1. The number of hydrogen-bond acceptors (Lipinski definition) is 5. The third-order valence-electron chi connectivity index (χ3n) is 4.90. The predicted octanol–water partition coefficient (Wildman–Crippen LogP) is 4.49. The Bertz CT molecular complexity index is 1130. The molecule has 0 radical (unpaired) electrons. The number of rotatable bonds is 1. The van der Waals surface area contributed by atoms with Crippen molar-refractivity contribution in [2.45, 2.75) is 26.2 Å². The van der Waals surface area contributed by atoms with Gasteiger partial charge in [-0.1, -0.05) is 18.5 Å². The van der Waals surface area contributed by atoms with Gasteiger partial charge in [0.15, 0.2) is 11.5 Å². The Kier molecular flexibility index (Phi) is 3.27. The summed E-state index contributed by atoms with van der Waals surface area (Å²) in [7, 11) is 0. The molecule has 1 N–H and O–H groups in total. The van der Waals surface area contributed by atoms with Crippen LogP contribution in [0.25, 0.3) is 27.3 Å². The summed E-state index contributed by atoms with van der Waals surface area (Å²) in [6, 6.07) is 4.91. The first kappa shape index (κ1) is 15.1. The van der Waals surface area contributed by atoms with Crippen LogP contribution in [0, 0.1) is 5.92 Å². The molecule has 7 heteroatoms. The lowest BCUT2D eigenvalue weighted by Gasteiger charge is -2.17. The highest BCUT2D eigenvalue weighted by Crippen LogP contribution is 2.39. The van der Waals surface area contributed by atoms with E-state index in [1.54, 1.807) is 35.9 Å². The molecule has 0 spiro atoms. The molecule has 0 saturated heterocycles. The number of halogens is 1. The summed E-state index contributed by atoms with van der Waals surface area (Å²) in [6.07, 6.45) is 5.13. The van der Waals surface area contributed by atoms with E-state index in [2.05, 4.69) is 22.1 Å². The maximum atomic E-state index is 10.2. The Morgan fingerprint density at radius 1 is 1.32 bits per heavy atom. The normalized spacial score (nSPS) is 17.3. The van der Waals surface area contributed by atoms with E-state index in [9.17, 15) is 5.11 Å². The molecule has 0 amide bonds. The Balaban J connectivity index is 1.80. The standard InChI is InChI=1S/C18H15ClN4OS/c1-9-2-5-14-12(6-9)15-17-22-21-16(23(17)8-20-18(15)25-14)11-7-10(19)3-4-13(11)24/h3-4,7-9,24H,2,5-6H2,1H3. The van der Waals surface area contributed by atoms with Crippen molar-refractivity contribution in [1.82, 2.24) is 19.6 Å². The summed E-state index contributed by atoms with van der Waals surface area (Å²) in [5.74, 6) is 1.35. The molecule has 0 fully saturated rings. The third-order valence-corrected chi connectivity index (χ3v) is 6.33. The van der Waals surface area contributed by atoms with Crippen LogP contribution in [0.4, 0.5) is 0 Å². The first-order valence-corrected chi connectivity index (χ1v) is 9.44. The van der Waals surface area contributed by atoms with Crippen LogP contribution >= 0.6 is 22.9 Å². The number of phenolic OH excluding ortho intramolecular Hbond substituents is 1. The highest BCUT2D eigenvalue weighted by molar-refractivity contribution is 7.19. The first-order chi connectivity index (χ1) is 12.1. The van der Waals surface area contributed by atoms with Crippen molar-refractivity contribution < 1.29 is 5.11 Å². The number of aromatic nitrogens is 4. The van der Waals surface area contributed by atoms with Crippen LogP contribution < -0.4 is 0 Å². The molecule has 0 saturated carbocycles. The number of aromatic hydroxyl groups is 1. The molecule has 0 aliphatic heterocycles. The minimum Gasteiger partial charge on any atom is -0.507 e. The lowest BCUT2D eigenvalue weighted by molar-refractivity contribution is 0.477. The van der Waals surface area contributed by atoms with Gasteiger partial charge in [-0.3, -0.25) is 4.40 Å². The van der Waals surface area contributed by atoms with Gasteiger partial charge >= 0.3 is 0 Å². The van der Waals surface area contributed by atoms with Crippen LogP contribution in [0.3, 0.4) is 0 Å². The summed E-state index contributed by atoms with van der Waals surface area (Å²) in [4.78, 5) is 7.07. The zero-order valence-corrected chi connectivity index (χ0v) is 15.1. The van der Waals surface area contributed by atoms with Gasteiger partial charge < -0.3 is 5.11 Å². The molecule has 1 aliphatic carbocycles. The van der Waals surface area contributed by atoms with Crippen LogP contribution in [0.2, 0.25) is 5.02 Å². The van der Waals surface area contributed by atoms with Gasteiger partial charge in [0.05, 0.1) is 10.9 Å².